The minimum atomic E-state index is -0.105. The van der Waals surface area contributed by atoms with Crippen LogP contribution in [-0.4, -0.2) is 71.0 Å². The van der Waals surface area contributed by atoms with E-state index in [0.717, 1.165) is 24.1 Å². The van der Waals surface area contributed by atoms with E-state index < -0.39 is 0 Å². The summed E-state index contributed by atoms with van der Waals surface area (Å²) in [6.45, 7) is 6.80. The highest BCUT2D eigenvalue weighted by atomic mass is 16.5. The van der Waals surface area contributed by atoms with Gasteiger partial charge in [0.1, 0.15) is 0 Å². The number of carbonyl (C=O) groups is 2. The molecular weight excluding hydrogens is 418 g/mol. The highest BCUT2D eigenvalue weighted by Gasteiger charge is 2.26. The number of nitrogens with zero attached hydrogens (tertiary/aromatic N) is 4. The van der Waals surface area contributed by atoms with Gasteiger partial charge in [0.05, 0.1) is 35.4 Å². The average Bonchev–Trinajstić information content (AvgIpc) is 3.03. The summed E-state index contributed by atoms with van der Waals surface area (Å²) in [4.78, 5) is 34.1. The Bertz CT molecular complexity index is 1210. The number of nitrogens with one attached hydrogen (secondary N) is 1. The second-order valence-corrected chi connectivity index (χ2v) is 8.27. The molecule has 0 atom stereocenters. The van der Waals surface area contributed by atoms with Crippen LogP contribution in [0.4, 0.5) is 0 Å². The molecule has 8 nitrogen and oxygen atoms in total. The first kappa shape index (κ1) is 22.5. The lowest BCUT2D eigenvalue weighted by Gasteiger charge is -2.22. The number of terminal acetylenes is 1. The average molecular weight is 446 g/mol. The van der Waals surface area contributed by atoms with E-state index in [9.17, 15) is 9.59 Å². The standard InChI is InChI=1S/C25H27N5O3/c1-4-10-26-22(31)16-29-11-5-12-30(14-13-29)25(32)20-15-21(19-8-6-17(2)7-9-19)27-24-23(20)18(3)28-33-24/h1,6-9,15H,5,10-14,16H2,2-3H3,(H,26,31). The van der Waals surface area contributed by atoms with E-state index in [4.69, 9.17) is 10.9 Å². The van der Waals surface area contributed by atoms with Gasteiger partial charge in [-0.25, -0.2) is 4.98 Å². The third-order valence-corrected chi connectivity index (χ3v) is 5.83. The van der Waals surface area contributed by atoms with Crippen molar-refractivity contribution in [2.75, 3.05) is 39.3 Å². The fourth-order valence-corrected chi connectivity index (χ4v) is 4.05. The molecule has 0 saturated carbocycles. The smallest absolute Gasteiger partial charge is 0.259 e. The topological polar surface area (TPSA) is 91.6 Å². The molecule has 2 amide bonds. The molecule has 8 heteroatoms. The Hall–Kier alpha value is -3.70. The zero-order valence-electron chi connectivity index (χ0n) is 18.9. The molecule has 0 unspecified atom stereocenters. The fraction of sp³-hybridized carbons (Fsp3) is 0.360. The summed E-state index contributed by atoms with van der Waals surface area (Å²) < 4.78 is 5.43. The summed E-state index contributed by atoms with van der Waals surface area (Å²) in [7, 11) is 0. The van der Waals surface area contributed by atoms with Gasteiger partial charge in [0.25, 0.3) is 11.6 Å². The quantitative estimate of drug-likeness (QED) is 0.607. The van der Waals surface area contributed by atoms with E-state index in [0.29, 0.717) is 47.7 Å². The molecule has 1 aliphatic heterocycles. The zero-order chi connectivity index (χ0) is 23.4. The SMILES string of the molecule is C#CCNC(=O)CN1CCCN(C(=O)c2cc(-c3ccc(C)cc3)nc3onc(C)c23)CC1. The number of aryl methyl sites for hydroxylation is 2. The lowest BCUT2D eigenvalue weighted by Crippen LogP contribution is -2.40. The number of aromatic nitrogens is 2. The minimum absolute atomic E-state index is 0.0827. The van der Waals surface area contributed by atoms with Crippen molar-refractivity contribution in [1.82, 2.24) is 25.3 Å². The van der Waals surface area contributed by atoms with E-state index in [-0.39, 0.29) is 24.9 Å². The van der Waals surface area contributed by atoms with Gasteiger partial charge in [0.2, 0.25) is 5.91 Å². The van der Waals surface area contributed by atoms with Crippen molar-refractivity contribution in [3.63, 3.8) is 0 Å². The fourth-order valence-electron chi connectivity index (χ4n) is 4.05. The Morgan fingerprint density at radius 1 is 1.15 bits per heavy atom. The lowest BCUT2D eigenvalue weighted by atomic mass is 10.0. The first-order valence-electron chi connectivity index (χ1n) is 11.0. The number of amides is 2. The van der Waals surface area contributed by atoms with Crippen molar-refractivity contribution in [1.29, 1.82) is 0 Å². The van der Waals surface area contributed by atoms with Gasteiger partial charge < -0.3 is 14.7 Å². The maximum absolute atomic E-state index is 13.6. The number of fused-ring (bicyclic) bond motifs is 1. The van der Waals surface area contributed by atoms with Crippen molar-refractivity contribution < 1.29 is 14.1 Å². The van der Waals surface area contributed by atoms with E-state index in [1.54, 1.807) is 0 Å². The highest BCUT2D eigenvalue weighted by molar-refractivity contribution is 6.07. The zero-order valence-corrected chi connectivity index (χ0v) is 18.9. The van der Waals surface area contributed by atoms with Crippen LogP contribution in [0.15, 0.2) is 34.9 Å². The molecule has 1 saturated heterocycles. The Balaban J connectivity index is 1.57. The molecule has 2 aromatic heterocycles. The summed E-state index contributed by atoms with van der Waals surface area (Å²) in [5, 5.41) is 7.38. The van der Waals surface area contributed by atoms with Gasteiger partial charge in [-0.1, -0.05) is 40.9 Å². The van der Waals surface area contributed by atoms with E-state index >= 15 is 0 Å². The first-order chi connectivity index (χ1) is 16.0. The monoisotopic (exact) mass is 445 g/mol. The van der Waals surface area contributed by atoms with Crippen LogP contribution < -0.4 is 5.32 Å². The molecule has 170 valence electrons. The van der Waals surface area contributed by atoms with Crippen molar-refractivity contribution in [2.45, 2.75) is 20.3 Å². The van der Waals surface area contributed by atoms with Crippen LogP contribution in [0, 0.1) is 26.2 Å². The van der Waals surface area contributed by atoms with Crippen LogP contribution in [0.5, 0.6) is 0 Å². The normalized spacial score (nSPS) is 14.6. The third-order valence-electron chi connectivity index (χ3n) is 5.83. The van der Waals surface area contributed by atoms with Gasteiger partial charge >= 0.3 is 0 Å². The molecule has 0 bridgehead atoms. The van der Waals surface area contributed by atoms with Crippen LogP contribution in [0.3, 0.4) is 0 Å². The Kier molecular flexibility index (Phi) is 6.71. The lowest BCUT2D eigenvalue weighted by molar-refractivity contribution is -0.121. The number of hydrogen-bond acceptors (Lipinski definition) is 6. The molecule has 0 aliphatic carbocycles. The predicted octanol–water partition coefficient (Wildman–Crippen LogP) is 2.40. The first-order valence-corrected chi connectivity index (χ1v) is 11.0. The number of hydrogen-bond donors (Lipinski definition) is 1. The Morgan fingerprint density at radius 2 is 1.94 bits per heavy atom. The van der Waals surface area contributed by atoms with Gasteiger partial charge in [-0.05, 0) is 26.3 Å². The molecule has 33 heavy (non-hydrogen) atoms. The van der Waals surface area contributed by atoms with Crippen LogP contribution >= 0.6 is 0 Å². The number of benzene rings is 1. The number of carbonyl (C=O) groups excluding carboxylic acids is 2. The van der Waals surface area contributed by atoms with E-state index in [2.05, 4.69) is 21.4 Å². The molecular formula is C25H27N5O3. The van der Waals surface area contributed by atoms with Crippen LogP contribution in [-0.2, 0) is 4.79 Å². The number of rotatable bonds is 5. The second kappa shape index (κ2) is 9.84. The van der Waals surface area contributed by atoms with Crippen molar-refractivity contribution in [3.8, 4) is 23.6 Å². The van der Waals surface area contributed by atoms with E-state index in [1.807, 2.05) is 54.0 Å². The third kappa shape index (κ3) is 5.04. The van der Waals surface area contributed by atoms with E-state index in [1.165, 1.54) is 0 Å². The summed E-state index contributed by atoms with van der Waals surface area (Å²) in [6.07, 6.45) is 5.97. The maximum Gasteiger partial charge on any atom is 0.259 e. The molecule has 1 aliphatic rings. The van der Waals surface area contributed by atoms with Crippen LogP contribution in [0.2, 0.25) is 0 Å². The molecule has 1 fully saturated rings. The Morgan fingerprint density at radius 3 is 2.70 bits per heavy atom. The largest absolute Gasteiger partial charge is 0.344 e. The molecule has 4 rings (SSSR count). The summed E-state index contributed by atoms with van der Waals surface area (Å²) >= 11 is 0. The Labute approximate surface area is 192 Å². The van der Waals surface area contributed by atoms with Crippen molar-refractivity contribution in [3.05, 3.63) is 47.2 Å². The molecule has 0 spiro atoms. The van der Waals surface area contributed by atoms with Crippen LogP contribution in [0.1, 0.15) is 28.0 Å². The predicted molar refractivity (Wildman–Crippen MR) is 126 cm³/mol. The van der Waals surface area contributed by atoms with Gasteiger partial charge in [0.15, 0.2) is 0 Å². The van der Waals surface area contributed by atoms with Gasteiger partial charge in [-0.3, -0.25) is 14.5 Å². The number of pyridine rings is 1. The molecule has 3 heterocycles. The summed E-state index contributed by atoms with van der Waals surface area (Å²) in [6, 6.07) is 9.82. The molecule has 3 aromatic rings. The van der Waals surface area contributed by atoms with Crippen molar-refractivity contribution >= 4 is 22.9 Å². The van der Waals surface area contributed by atoms with Gasteiger partial charge in [-0.15, -0.1) is 6.42 Å². The van der Waals surface area contributed by atoms with Crippen LogP contribution in [0.25, 0.3) is 22.4 Å². The molecule has 0 radical (unpaired) electrons. The second-order valence-electron chi connectivity index (χ2n) is 8.27. The minimum Gasteiger partial charge on any atom is -0.344 e. The van der Waals surface area contributed by atoms with Gasteiger partial charge in [-0.2, -0.15) is 0 Å². The summed E-state index contributed by atoms with van der Waals surface area (Å²) in [5.41, 5.74) is 4.26. The maximum atomic E-state index is 13.6. The van der Waals surface area contributed by atoms with Crippen molar-refractivity contribution in [2.24, 2.45) is 0 Å². The van der Waals surface area contributed by atoms with Gasteiger partial charge in [0, 0.05) is 31.7 Å². The molecule has 1 aromatic carbocycles. The highest BCUT2D eigenvalue weighted by Crippen LogP contribution is 2.28. The molecule has 1 N–H and O–H groups in total. The summed E-state index contributed by atoms with van der Waals surface area (Å²) in [5.74, 6) is 2.22.